The number of carbonyl (C=O) groups excluding carboxylic acids is 8. The highest BCUT2D eigenvalue weighted by Crippen LogP contribution is 2.36. The standard InChI is InChI=1S/C76H73N3O21/c1-79(58-37-40-77-41-38-58)43-39-61(80)78-42-44-88-45-46-89-47-48-90-75-66(99-73(86)56-33-19-7-20-34-56)64(97-71(84)54-29-15-5-16-30-54)63(96-70(83)53-27-13-4-14-28-53)60(93-75)50-92-76-67(100-74(87)57-35-21-8-22-36-57)65(98-72(85)55-31-17-6-18-32-55)62(95-69(82)52-25-11-3-12-26-52)59(94-76)49-91-68(81)51-23-9-2-10-24-51/h2-38,40-41,59-60,62-67,75-76H,39,42-50H2,1H3,(H,78,80)/t59-,60-,62-,63-,64+,65+,66+,67+,75+,76+/m1/s1. The molecule has 24 nitrogen and oxygen atoms in total. The predicted molar refractivity (Wildman–Crippen MR) is 357 cm³/mol. The van der Waals surface area contributed by atoms with Crippen LogP contribution in [0.2, 0.25) is 0 Å². The molecule has 0 saturated carbocycles. The van der Waals surface area contributed by atoms with Gasteiger partial charge in [0.15, 0.2) is 49.2 Å². The van der Waals surface area contributed by atoms with Gasteiger partial charge < -0.3 is 71.8 Å². The second-order valence-electron chi connectivity index (χ2n) is 22.6. The Hall–Kier alpha value is -11.0. The van der Waals surface area contributed by atoms with E-state index in [-0.39, 0.29) is 90.9 Å². The van der Waals surface area contributed by atoms with Crippen LogP contribution in [-0.2, 0) is 66.4 Å². The minimum absolute atomic E-state index is 0.0172. The van der Waals surface area contributed by atoms with Crippen molar-refractivity contribution < 1.29 is 99.9 Å². The van der Waals surface area contributed by atoms with E-state index in [2.05, 4.69) is 10.3 Å². The first kappa shape index (κ1) is 71.8. The Morgan fingerprint density at radius 3 is 1.08 bits per heavy atom. The van der Waals surface area contributed by atoms with Gasteiger partial charge in [0, 0.05) is 44.6 Å². The summed E-state index contributed by atoms with van der Waals surface area (Å²) in [5, 5.41) is 2.84. The Morgan fingerprint density at radius 2 is 0.690 bits per heavy atom. The summed E-state index contributed by atoms with van der Waals surface area (Å²) in [6.07, 6.45) is -14.2. The lowest BCUT2D eigenvalue weighted by molar-refractivity contribution is -0.328. The molecule has 1 amide bonds. The van der Waals surface area contributed by atoms with Gasteiger partial charge in [0.25, 0.3) is 0 Å². The van der Waals surface area contributed by atoms with Crippen LogP contribution < -0.4 is 10.2 Å². The number of rotatable bonds is 32. The van der Waals surface area contributed by atoms with Crippen LogP contribution in [0.1, 0.15) is 78.9 Å². The number of nitrogens with one attached hydrogen (secondary N) is 1. The number of carbonyl (C=O) groups is 8. The van der Waals surface area contributed by atoms with Crippen molar-refractivity contribution in [1.82, 2.24) is 10.3 Å². The summed E-state index contributed by atoms with van der Waals surface area (Å²) in [5.74, 6) is -6.75. The van der Waals surface area contributed by atoms with E-state index in [1.807, 2.05) is 24.1 Å². The predicted octanol–water partition coefficient (Wildman–Crippen LogP) is 8.75. The van der Waals surface area contributed by atoms with Crippen molar-refractivity contribution in [2.45, 2.75) is 67.8 Å². The van der Waals surface area contributed by atoms with Crippen LogP contribution in [0.4, 0.5) is 5.69 Å². The van der Waals surface area contributed by atoms with Gasteiger partial charge in [-0.05, 0) is 97.1 Å². The van der Waals surface area contributed by atoms with Crippen LogP contribution >= 0.6 is 0 Å². The fraction of sp³-hybridized carbons (Fsp3) is 0.276. The summed E-state index contributed by atoms with van der Waals surface area (Å²) in [5.41, 5.74) is 1.30. The zero-order chi connectivity index (χ0) is 69.8. The van der Waals surface area contributed by atoms with E-state index in [0.717, 1.165) is 5.69 Å². The molecule has 10 rings (SSSR count). The third-order valence-corrected chi connectivity index (χ3v) is 15.7. The fourth-order valence-corrected chi connectivity index (χ4v) is 10.6. The summed E-state index contributed by atoms with van der Waals surface area (Å²) < 4.78 is 81.9. The second-order valence-corrected chi connectivity index (χ2v) is 22.6. The van der Waals surface area contributed by atoms with Crippen LogP contribution in [0.5, 0.6) is 0 Å². The van der Waals surface area contributed by atoms with Crippen LogP contribution in [0.3, 0.4) is 0 Å². The summed E-state index contributed by atoms with van der Waals surface area (Å²) >= 11 is 0. The van der Waals surface area contributed by atoms with Crippen molar-refractivity contribution in [2.75, 3.05) is 71.3 Å². The smallest absolute Gasteiger partial charge is 0.338 e. The molecular formula is C76H73N3O21. The molecule has 0 spiro atoms. The van der Waals surface area contributed by atoms with Gasteiger partial charge in [0.05, 0.1) is 78.6 Å². The summed E-state index contributed by atoms with van der Waals surface area (Å²) in [4.78, 5) is 119. The number of ether oxygens (including phenoxy) is 13. The van der Waals surface area contributed by atoms with Gasteiger partial charge in [-0.2, -0.15) is 0 Å². The van der Waals surface area contributed by atoms with E-state index in [9.17, 15) is 38.4 Å². The van der Waals surface area contributed by atoms with Gasteiger partial charge in [0.1, 0.15) is 18.8 Å². The van der Waals surface area contributed by atoms with Gasteiger partial charge in [-0.25, -0.2) is 33.6 Å². The molecule has 2 aliphatic heterocycles. The molecule has 0 unspecified atom stereocenters. The third kappa shape index (κ3) is 20.5. The highest BCUT2D eigenvalue weighted by atomic mass is 16.8. The maximum Gasteiger partial charge on any atom is 0.338 e. The molecule has 0 radical (unpaired) electrons. The molecule has 2 aliphatic rings. The minimum atomic E-state index is -1.93. The SMILES string of the molecule is CN(CCC(=O)NCCOCCOCCO[C@H]1O[C@H](CO[C@H]2O[C@H](COC(=O)c3ccccc3)[C@@H](OC(=O)c3ccccc3)[C@H](OC(=O)c3ccccc3)[C@@H]2OC(=O)c2ccccc2)[C@@H](OC(=O)c2ccccc2)[C@H](OC(=O)c2ccccc2)[C@@H]1OC(=O)c1ccccc1)c1ccncc1. The first-order chi connectivity index (χ1) is 48.9. The van der Waals surface area contributed by atoms with Gasteiger partial charge in [0.2, 0.25) is 5.91 Å². The lowest BCUT2D eigenvalue weighted by Crippen LogP contribution is -2.65. The molecule has 7 aromatic carbocycles. The number of anilines is 1. The highest BCUT2D eigenvalue weighted by molar-refractivity contribution is 5.93. The second kappa shape index (κ2) is 37.1. The molecule has 0 bridgehead atoms. The number of amides is 1. The van der Waals surface area contributed by atoms with Crippen LogP contribution in [0.25, 0.3) is 0 Å². The van der Waals surface area contributed by atoms with Crippen LogP contribution in [0, 0.1) is 0 Å². The quantitative estimate of drug-likeness (QED) is 0.0234. The van der Waals surface area contributed by atoms with E-state index >= 15 is 0 Å². The van der Waals surface area contributed by atoms with Crippen molar-refractivity contribution in [3.63, 3.8) is 0 Å². The molecule has 8 aromatic rings. The first-order valence-electron chi connectivity index (χ1n) is 32.2. The summed E-state index contributed by atoms with van der Waals surface area (Å²) in [6.45, 7) is -0.803. The van der Waals surface area contributed by atoms with Crippen LogP contribution in [0.15, 0.2) is 237 Å². The van der Waals surface area contributed by atoms with E-state index in [0.29, 0.717) is 6.54 Å². The Morgan fingerprint density at radius 1 is 0.370 bits per heavy atom. The topological polar surface area (TPSA) is 285 Å². The molecule has 1 aromatic heterocycles. The molecule has 24 heteroatoms. The monoisotopic (exact) mass is 1360 g/mol. The Labute approximate surface area is 576 Å². The van der Waals surface area contributed by atoms with Gasteiger partial charge in [-0.15, -0.1) is 0 Å². The number of nitrogens with zero attached hydrogens (tertiary/aromatic N) is 2. The average molecular weight is 1360 g/mol. The van der Waals surface area contributed by atoms with Crippen molar-refractivity contribution in [3.05, 3.63) is 276 Å². The first-order valence-corrected chi connectivity index (χ1v) is 32.2. The maximum absolute atomic E-state index is 14.6. The molecule has 100 heavy (non-hydrogen) atoms. The molecule has 0 aliphatic carbocycles. The molecular weight excluding hydrogens is 1290 g/mol. The number of aromatic nitrogens is 1. The zero-order valence-electron chi connectivity index (χ0n) is 54.3. The Balaban J connectivity index is 0.972. The fourth-order valence-electron chi connectivity index (χ4n) is 10.6. The Bertz CT molecular complexity index is 3910. The van der Waals surface area contributed by atoms with Crippen molar-refractivity contribution in [1.29, 1.82) is 0 Å². The number of esters is 7. The van der Waals surface area contributed by atoms with Crippen molar-refractivity contribution in [2.24, 2.45) is 0 Å². The summed E-state index contributed by atoms with van der Waals surface area (Å²) in [6, 6.07) is 58.5. The lowest BCUT2D eigenvalue weighted by atomic mass is 9.96. The molecule has 3 heterocycles. The summed E-state index contributed by atoms with van der Waals surface area (Å²) in [7, 11) is 1.88. The minimum Gasteiger partial charge on any atom is -0.459 e. The lowest BCUT2D eigenvalue weighted by Gasteiger charge is -2.46. The highest BCUT2D eigenvalue weighted by Gasteiger charge is 2.57. The number of pyridine rings is 1. The largest absolute Gasteiger partial charge is 0.459 e. The molecule has 2 saturated heterocycles. The number of hydrogen-bond donors (Lipinski definition) is 1. The molecule has 1 N–H and O–H groups in total. The van der Waals surface area contributed by atoms with E-state index in [4.69, 9.17) is 61.6 Å². The van der Waals surface area contributed by atoms with Crippen molar-refractivity contribution >= 4 is 53.4 Å². The average Bonchev–Trinajstić information content (AvgIpc) is 0.776. The van der Waals surface area contributed by atoms with Gasteiger partial charge in [-0.1, -0.05) is 127 Å². The normalized spacial score (nSPS) is 20.1. The van der Waals surface area contributed by atoms with Gasteiger partial charge in [-0.3, -0.25) is 9.78 Å². The zero-order valence-corrected chi connectivity index (χ0v) is 54.3. The number of hydrogen-bond acceptors (Lipinski definition) is 23. The Kier molecular flexibility index (Phi) is 26.6. The molecule has 10 atom stereocenters. The number of benzene rings is 7. The molecule has 2 fully saturated rings. The molecule has 518 valence electrons. The third-order valence-electron chi connectivity index (χ3n) is 15.7. The van der Waals surface area contributed by atoms with Gasteiger partial charge >= 0.3 is 41.8 Å². The van der Waals surface area contributed by atoms with Crippen LogP contribution in [-0.4, -0.2) is 180 Å². The van der Waals surface area contributed by atoms with E-state index in [1.165, 1.54) is 84.9 Å². The maximum atomic E-state index is 14.6. The van der Waals surface area contributed by atoms with Crippen molar-refractivity contribution in [3.8, 4) is 0 Å². The van der Waals surface area contributed by atoms with E-state index < -0.39 is 116 Å². The van der Waals surface area contributed by atoms with E-state index in [1.54, 1.807) is 140 Å².